The fourth-order valence-corrected chi connectivity index (χ4v) is 3.39. The molecule has 2 aromatic carbocycles. The maximum atomic E-state index is 12.6. The molecule has 0 unspecified atom stereocenters. The largest absolute Gasteiger partial charge is 0.490 e. The van der Waals surface area contributed by atoms with Crippen molar-refractivity contribution in [1.29, 1.82) is 0 Å². The van der Waals surface area contributed by atoms with Crippen molar-refractivity contribution in [3.63, 3.8) is 0 Å². The van der Waals surface area contributed by atoms with Gasteiger partial charge in [-0.25, -0.2) is 9.78 Å². The van der Waals surface area contributed by atoms with E-state index in [2.05, 4.69) is 27.1 Å². The van der Waals surface area contributed by atoms with Gasteiger partial charge in [-0.1, -0.05) is 5.92 Å². The summed E-state index contributed by atoms with van der Waals surface area (Å²) in [4.78, 5) is 43.8. The highest BCUT2D eigenvalue weighted by atomic mass is 19.4. The van der Waals surface area contributed by atoms with Crippen molar-refractivity contribution >= 4 is 40.2 Å². The number of aliphatic carboxylic acids is 1. The number of ether oxygens (including phenoxy) is 2. The van der Waals surface area contributed by atoms with Crippen LogP contribution in [-0.2, 0) is 14.3 Å². The molecule has 13 heteroatoms. The van der Waals surface area contributed by atoms with Gasteiger partial charge in [0.1, 0.15) is 23.9 Å². The molecular weight excluding hydrogens is 569 g/mol. The molecule has 0 aliphatic carbocycles. The SMILES string of the molecule is COCC#CC(=O)N(C)c1ccc2nccc(Oc3ccc(C(=O)Nc4cc(C)ccn4)cc3)c2c1.O=C(O)C(F)(F)F. The molecule has 0 saturated carbocycles. The molecule has 2 amide bonds. The topological polar surface area (TPSA) is 131 Å². The highest BCUT2D eigenvalue weighted by Gasteiger charge is 2.38. The van der Waals surface area contributed by atoms with E-state index in [1.807, 2.05) is 25.1 Å². The number of pyridine rings is 2. The number of alkyl halides is 3. The predicted octanol–water partition coefficient (Wildman–Crippen LogP) is 5.23. The molecule has 0 fully saturated rings. The van der Waals surface area contributed by atoms with Crippen LogP contribution >= 0.6 is 0 Å². The molecule has 0 spiro atoms. The number of nitrogens with one attached hydrogen (secondary N) is 1. The van der Waals surface area contributed by atoms with Crippen LogP contribution in [0.15, 0.2) is 73.1 Å². The van der Waals surface area contributed by atoms with E-state index in [-0.39, 0.29) is 18.4 Å². The van der Waals surface area contributed by atoms with E-state index in [1.165, 1.54) is 12.0 Å². The monoisotopic (exact) mass is 594 g/mol. The second-order valence-corrected chi connectivity index (χ2v) is 8.71. The Morgan fingerprint density at radius 3 is 2.30 bits per heavy atom. The Kier molecular flexibility index (Phi) is 10.7. The highest BCUT2D eigenvalue weighted by Crippen LogP contribution is 2.31. The summed E-state index contributed by atoms with van der Waals surface area (Å²) in [5, 5.41) is 10.6. The lowest BCUT2D eigenvalue weighted by molar-refractivity contribution is -0.192. The van der Waals surface area contributed by atoms with Crippen molar-refractivity contribution in [3.8, 4) is 23.3 Å². The number of hydrogen-bond acceptors (Lipinski definition) is 7. The molecule has 2 N–H and O–H groups in total. The smallest absolute Gasteiger partial charge is 0.475 e. The minimum absolute atomic E-state index is 0.183. The molecule has 0 aliphatic rings. The average molecular weight is 595 g/mol. The number of amides is 2. The van der Waals surface area contributed by atoms with Crippen LogP contribution in [-0.4, -0.2) is 59.8 Å². The van der Waals surface area contributed by atoms with Gasteiger partial charge in [-0.05, 0) is 79.1 Å². The first-order chi connectivity index (χ1) is 20.4. The van der Waals surface area contributed by atoms with Gasteiger partial charge in [-0.15, -0.1) is 0 Å². The number of carboxylic acids is 1. The lowest BCUT2D eigenvalue weighted by atomic mass is 10.1. The minimum atomic E-state index is -5.08. The quantitative estimate of drug-likeness (QED) is 0.290. The molecule has 0 atom stereocenters. The van der Waals surface area contributed by atoms with Crippen molar-refractivity contribution in [2.24, 2.45) is 0 Å². The van der Waals surface area contributed by atoms with Crippen LogP contribution in [0.2, 0.25) is 0 Å². The molecule has 4 rings (SSSR count). The van der Waals surface area contributed by atoms with Gasteiger partial charge in [0.2, 0.25) is 0 Å². The lowest BCUT2D eigenvalue weighted by Crippen LogP contribution is -2.24. The molecule has 222 valence electrons. The summed E-state index contributed by atoms with van der Waals surface area (Å²) in [5.74, 6) is 3.44. The van der Waals surface area contributed by atoms with Gasteiger partial charge in [0.05, 0.1) is 5.52 Å². The maximum absolute atomic E-state index is 12.6. The van der Waals surface area contributed by atoms with Crippen molar-refractivity contribution in [2.75, 3.05) is 31.0 Å². The highest BCUT2D eigenvalue weighted by molar-refractivity contribution is 6.06. The third kappa shape index (κ3) is 9.27. The van der Waals surface area contributed by atoms with Crippen LogP contribution in [0.3, 0.4) is 0 Å². The number of rotatable bonds is 6. The van der Waals surface area contributed by atoms with Crippen molar-refractivity contribution in [3.05, 3.63) is 84.2 Å². The molecule has 2 heterocycles. The van der Waals surface area contributed by atoms with E-state index < -0.39 is 12.1 Å². The zero-order chi connectivity index (χ0) is 31.6. The number of carbonyl (C=O) groups is 3. The van der Waals surface area contributed by atoms with Crippen molar-refractivity contribution in [1.82, 2.24) is 9.97 Å². The van der Waals surface area contributed by atoms with Gasteiger partial charge in [0.15, 0.2) is 0 Å². The summed E-state index contributed by atoms with van der Waals surface area (Å²) in [6, 6.07) is 17.6. The van der Waals surface area contributed by atoms with E-state index in [1.54, 1.807) is 61.9 Å². The molecule has 2 aromatic heterocycles. The number of hydrogen-bond donors (Lipinski definition) is 2. The first-order valence-corrected chi connectivity index (χ1v) is 12.4. The number of aromatic nitrogens is 2. The molecule has 0 aliphatic heterocycles. The number of anilines is 2. The zero-order valence-corrected chi connectivity index (χ0v) is 23.1. The standard InChI is InChI=1S/C28H24N4O4.C2HF3O2/c1-19-12-14-30-26(17-19)31-28(34)20-6-9-22(10-7-20)36-25-13-15-29-24-11-8-21(18-23(24)25)32(2)27(33)5-4-16-35-3;3-2(4,5)1(6)7/h6-15,17-18H,16H2,1-3H3,(H,30,31,34);(H,6,7). The third-order valence-corrected chi connectivity index (χ3v) is 5.53. The van der Waals surface area contributed by atoms with E-state index in [9.17, 15) is 22.8 Å². The van der Waals surface area contributed by atoms with Crippen LogP contribution in [0.1, 0.15) is 15.9 Å². The fourth-order valence-electron chi connectivity index (χ4n) is 3.39. The summed E-state index contributed by atoms with van der Waals surface area (Å²) in [5.41, 5.74) is 2.84. The summed E-state index contributed by atoms with van der Waals surface area (Å²) in [6.07, 6.45) is -1.78. The summed E-state index contributed by atoms with van der Waals surface area (Å²) >= 11 is 0. The number of carbonyl (C=O) groups excluding carboxylic acids is 2. The predicted molar refractivity (Wildman–Crippen MR) is 152 cm³/mol. The van der Waals surface area contributed by atoms with Crippen LogP contribution in [0, 0.1) is 18.8 Å². The van der Waals surface area contributed by atoms with Crippen molar-refractivity contribution in [2.45, 2.75) is 13.1 Å². The van der Waals surface area contributed by atoms with E-state index in [4.69, 9.17) is 19.4 Å². The summed E-state index contributed by atoms with van der Waals surface area (Å²) in [7, 11) is 3.17. The fraction of sp³-hybridized carbons (Fsp3) is 0.167. The number of halogens is 3. The number of nitrogens with zero attached hydrogens (tertiary/aromatic N) is 3. The molecular formula is C30H25F3N4O6. The van der Waals surface area contributed by atoms with Gasteiger partial charge < -0.3 is 24.8 Å². The van der Waals surface area contributed by atoms with Crippen molar-refractivity contribution < 1.29 is 42.1 Å². The second kappa shape index (κ2) is 14.4. The van der Waals surface area contributed by atoms with Crippen LogP contribution in [0.4, 0.5) is 24.7 Å². The average Bonchev–Trinajstić information content (AvgIpc) is 2.97. The van der Waals surface area contributed by atoms with E-state index in [0.717, 1.165) is 10.9 Å². The van der Waals surface area contributed by atoms with Gasteiger partial charge in [-0.3, -0.25) is 14.6 Å². The zero-order valence-electron chi connectivity index (χ0n) is 23.1. The Hall–Kier alpha value is -5.48. The number of benzene rings is 2. The van der Waals surface area contributed by atoms with E-state index >= 15 is 0 Å². The van der Waals surface area contributed by atoms with Gasteiger partial charge in [0.25, 0.3) is 5.91 Å². The molecule has 43 heavy (non-hydrogen) atoms. The Bertz CT molecular complexity index is 1680. The number of aryl methyl sites for hydroxylation is 1. The summed E-state index contributed by atoms with van der Waals surface area (Å²) in [6.45, 7) is 2.12. The van der Waals surface area contributed by atoms with E-state index in [0.29, 0.717) is 34.1 Å². The Balaban J connectivity index is 0.000000646. The Morgan fingerprint density at radius 2 is 1.67 bits per heavy atom. The van der Waals surface area contributed by atoms with Crippen LogP contribution < -0.4 is 15.0 Å². The number of carboxylic acid groups (broad SMARTS) is 1. The third-order valence-electron chi connectivity index (χ3n) is 5.53. The first kappa shape index (κ1) is 32.0. The normalized spacial score (nSPS) is 10.5. The van der Waals surface area contributed by atoms with Gasteiger partial charge in [0, 0.05) is 43.2 Å². The maximum Gasteiger partial charge on any atom is 0.490 e. The van der Waals surface area contributed by atoms with Gasteiger partial charge >= 0.3 is 18.1 Å². The summed E-state index contributed by atoms with van der Waals surface area (Å²) < 4.78 is 42.7. The number of methoxy groups -OCH3 is 1. The number of fused-ring (bicyclic) bond motifs is 1. The molecule has 0 saturated heterocycles. The Labute approximate surface area is 244 Å². The Morgan fingerprint density at radius 1 is 1.00 bits per heavy atom. The molecule has 10 nitrogen and oxygen atoms in total. The molecule has 0 radical (unpaired) electrons. The second-order valence-electron chi connectivity index (χ2n) is 8.71. The first-order valence-electron chi connectivity index (χ1n) is 12.4. The molecule has 0 bridgehead atoms. The van der Waals surface area contributed by atoms with Crippen LogP contribution in [0.25, 0.3) is 10.9 Å². The van der Waals surface area contributed by atoms with Crippen LogP contribution in [0.5, 0.6) is 11.5 Å². The lowest BCUT2D eigenvalue weighted by Gasteiger charge is -2.16. The minimum Gasteiger partial charge on any atom is -0.475 e. The molecule has 4 aromatic rings. The van der Waals surface area contributed by atoms with Gasteiger partial charge in [-0.2, -0.15) is 13.2 Å².